The van der Waals surface area contributed by atoms with E-state index >= 15 is 4.39 Å². The number of hydrogen-bond acceptors (Lipinski definition) is 5. The molecule has 0 radical (unpaired) electrons. The van der Waals surface area contributed by atoms with Crippen molar-refractivity contribution in [2.75, 3.05) is 7.11 Å². The average molecular weight is 498 g/mol. The van der Waals surface area contributed by atoms with Gasteiger partial charge >= 0.3 is 5.97 Å². The lowest BCUT2D eigenvalue weighted by atomic mass is 9.86. The van der Waals surface area contributed by atoms with Gasteiger partial charge in [-0.25, -0.2) is 4.39 Å². The zero-order valence-corrected chi connectivity index (χ0v) is 20.5. The van der Waals surface area contributed by atoms with Gasteiger partial charge in [0.2, 0.25) is 0 Å². The first-order valence-corrected chi connectivity index (χ1v) is 12.1. The molecule has 6 heteroatoms. The normalized spacial score (nSPS) is 19.1. The first-order valence-electron chi connectivity index (χ1n) is 12.1. The van der Waals surface area contributed by atoms with Crippen LogP contribution in [0.2, 0.25) is 0 Å². The molecule has 2 atom stereocenters. The Kier molecular flexibility index (Phi) is 7.04. The van der Waals surface area contributed by atoms with E-state index in [0.29, 0.717) is 6.54 Å². The van der Waals surface area contributed by atoms with E-state index in [2.05, 4.69) is 0 Å². The van der Waals surface area contributed by atoms with Gasteiger partial charge in [-0.15, -0.1) is 0 Å². The van der Waals surface area contributed by atoms with Gasteiger partial charge in [-0.1, -0.05) is 54.6 Å². The summed E-state index contributed by atoms with van der Waals surface area (Å²) >= 11 is 0. The van der Waals surface area contributed by atoms with E-state index in [-0.39, 0.29) is 6.61 Å². The molecule has 2 unspecified atom stereocenters. The SMILES string of the molecule is COC(=O)CC1(F)C=CC(c2ccccc2)=CC1OCc1cc(-c2cccc(CN)c2)c2occc2c1. The minimum Gasteiger partial charge on any atom is -0.469 e. The topological polar surface area (TPSA) is 74.7 Å². The van der Waals surface area contributed by atoms with Crippen LogP contribution in [0.3, 0.4) is 0 Å². The molecule has 5 rings (SSSR count). The van der Waals surface area contributed by atoms with Gasteiger partial charge in [0.05, 0.1) is 26.4 Å². The molecule has 0 aliphatic heterocycles. The van der Waals surface area contributed by atoms with E-state index in [1.54, 1.807) is 18.4 Å². The first kappa shape index (κ1) is 24.7. The van der Waals surface area contributed by atoms with Crippen LogP contribution in [0, 0.1) is 0 Å². The lowest BCUT2D eigenvalue weighted by Crippen LogP contribution is -2.40. The monoisotopic (exact) mass is 497 g/mol. The van der Waals surface area contributed by atoms with Crippen molar-refractivity contribution in [2.45, 2.75) is 31.3 Å². The molecule has 37 heavy (non-hydrogen) atoms. The fraction of sp³-hybridized carbons (Fsp3) is 0.194. The second kappa shape index (κ2) is 10.5. The number of benzene rings is 3. The van der Waals surface area contributed by atoms with Crippen LogP contribution >= 0.6 is 0 Å². The van der Waals surface area contributed by atoms with Crippen molar-refractivity contribution in [3.63, 3.8) is 0 Å². The van der Waals surface area contributed by atoms with Gasteiger partial charge in [-0.3, -0.25) is 4.79 Å². The maximum Gasteiger partial charge on any atom is 0.309 e. The Hall–Kier alpha value is -4.00. The van der Waals surface area contributed by atoms with Gasteiger partial charge in [0.1, 0.15) is 11.7 Å². The number of fused-ring (bicyclic) bond motifs is 1. The Morgan fingerprint density at radius 2 is 1.84 bits per heavy atom. The summed E-state index contributed by atoms with van der Waals surface area (Å²) in [6.07, 6.45) is 5.05. The molecule has 0 spiro atoms. The number of carbonyl (C=O) groups excluding carboxylic acids is 1. The molecule has 1 aromatic heterocycles. The molecule has 1 aliphatic carbocycles. The fourth-order valence-corrected chi connectivity index (χ4v) is 4.64. The third-order valence-corrected chi connectivity index (χ3v) is 6.61. The Bertz CT molecular complexity index is 1470. The second-order valence-corrected chi connectivity index (χ2v) is 9.12. The number of esters is 1. The molecule has 1 aliphatic rings. The Morgan fingerprint density at radius 1 is 1.03 bits per heavy atom. The standard InChI is InChI=1S/C31H28FNO4/c1-35-29(34)18-31(32)12-10-24(23-7-3-2-4-8-23)17-28(31)37-20-22-15-26-11-13-36-30(26)27(16-22)25-9-5-6-21(14-25)19-33/h2-17,28H,18-20,33H2,1H3. The number of furan rings is 1. The van der Waals surface area contributed by atoms with E-state index in [9.17, 15) is 4.79 Å². The third kappa shape index (κ3) is 5.26. The fourth-order valence-electron chi connectivity index (χ4n) is 4.64. The number of halogens is 1. The highest BCUT2D eigenvalue weighted by Crippen LogP contribution is 2.36. The van der Waals surface area contributed by atoms with E-state index < -0.39 is 24.2 Å². The molecular weight excluding hydrogens is 469 g/mol. The largest absolute Gasteiger partial charge is 0.469 e. The lowest BCUT2D eigenvalue weighted by Gasteiger charge is -2.32. The van der Waals surface area contributed by atoms with Gasteiger partial charge in [0.25, 0.3) is 0 Å². The average Bonchev–Trinajstić information content (AvgIpc) is 3.41. The highest BCUT2D eigenvalue weighted by atomic mass is 19.1. The van der Waals surface area contributed by atoms with Crippen LogP contribution in [0.15, 0.2) is 102 Å². The van der Waals surface area contributed by atoms with Crippen molar-refractivity contribution >= 4 is 22.5 Å². The number of alkyl halides is 1. The Balaban J connectivity index is 1.47. The summed E-state index contributed by atoms with van der Waals surface area (Å²) in [6, 6.07) is 23.5. The smallest absolute Gasteiger partial charge is 0.309 e. The highest BCUT2D eigenvalue weighted by Gasteiger charge is 2.41. The summed E-state index contributed by atoms with van der Waals surface area (Å²) in [7, 11) is 1.25. The zero-order valence-electron chi connectivity index (χ0n) is 20.5. The maximum absolute atomic E-state index is 16.1. The molecule has 5 nitrogen and oxygen atoms in total. The molecule has 4 aromatic rings. The molecular formula is C31H28FNO4. The molecule has 0 bridgehead atoms. The van der Waals surface area contributed by atoms with E-state index in [1.807, 2.05) is 72.8 Å². The van der Waals surface area contributed by atoms with Crippen molar-refractivity contribution in [1.29, 1.82) is 0 Å². The summed E-state index contributed by atoms with van der Waals surface area (Å²) in [5.74, 6) is -0.640. The predicted octanol–water partition coefficient (Wildman–Crippen LogP) is 6.37. The molecule has 0 saturated heterocycles. The van der Waals surface area contributed by atoms with Crippen molar-refractivity contribution in [1.82, 2.24) is 0 Å². The van der Waals surface area contributed by atoms with E-state index in [0.717, 1.165) is 44.4 Å². The molecule has 188 valence electrons. The van der Waals surface area contributed by atoms with Crippen LogP contribution in [-0.2, 0) is 27.4 Å². The molecule has 0 fully saturated rings. The molecule has 2 N–H and O–H groups in total. The van der Waals surface area contributed by atoms with Crippen molar-refractivity contribution < 1.29 is 23.1 Å². The summed E-state index contributed by atoms with van der Waals surface area (Å²) in [6.45, 7) is 0.566. The van der Waals surface area contributed by atoms with Crippen LogP contribution in [0.25, 0.3) is 27.7 Å². The van der Waals surface area contributed by atoms with Crippen LogP contribution < -0.4 is 5.73 Å². The van der Waals surface area contributed by atoms with E-state index in [1.165, 1.54) is 13.2 Å². The van der Waals surface area contributed by atoms with Crippen molar-refractivity contribution in [3.8, 4) is 11.1 Å². The Labute approximate surface area is 215 Å². The zero-order chi connectivity index (χ0) is 25.8. The number of nitrogens with two attached hydrogens (primary N) is 1. The quantitative estimate of drug-likeness (QED) is 0.286. The minimum absolute atomic E-state index is 0.134. The highest BCUT2D eigenvalue weighted by molar-refractivity contribution is 5.93. The Morgan fingerprint density at radius 3 is 2.62 bits per heavy atom. The van der Waals surface area contributed by atoms with Crippen LogP contribution in [0.4, 0.5) is 4.39 Å². The summed E-state index contributed by atoms with van der Waals surface area (Å²) in [5, 5.41) is 0.916. The number of rotatable bonds is 8. The molecule has 0 amide bonds. The number of allylic oxidation sites excluding steroid dienone is 2. The minimum atomic E-state index is -2.04. The second-order valence-electron chi connectivity index (χ2n) is 9.12. The number of ether oxygens (including phenoxy) is 2. The predicted molar refractivity (Wildman–Crippen MR) is 142 cm³/mol. The number of hydrogen-bond donors (Lipinski definition) is 1. The van der Waals surface area contributed by atoms with E-state index in [4.69, 9.17) is 19.6 Å². The van der Waals surface area contributed by atoms with Crippen LogP contribution in [-0.4, -0.2) is 24.9 Å². The number of carbonyl (C=O) groups is 1. The van der Waals surface area contributed by atoms with Gasteiger partial charge in [0.15, 0.2) is 5.67 Å². The molecule has 0 saturated carbocycles. The van der Waals surface area contributed by atoms with Gasteiger partial charge in [-0.2, -0.15) is 0 Å². The van der Waals surface area contributed by atoms with Crippen LogP contribution in [0.5, 0.6) is 0 Å². The maximum atomic E-state index is 16.1. The van der Waals surface area contributed by atoms with Crippen molar-refractivity contribution in [3.05, 3.63) is 114 Å². The summed E-state index contributed by atoms with van der Waals surface area (Å²) in [4.78, 5) is 12.0. The number of methoxy groups -OCH3 is 1. The van der Waals surface area contributed by atoms with Gasteiger partial charge in [-0.05, 0) is 64.2 Å². The van der Waals surface area contributed by atoms with Gasteiger partial charge in [0, 0.05) is 17.5 Å². The molecule has 1 heterocycles. The first-order chi connectivity index (χ1) is 18.0. The summed E-state index contributed by atoms with van der Waals surface area (Å²) < 4.78 is 32.8. The van der Waals surface area contributed by atoms with Crippen molar-refractivity contribution in [2.24, 2.45) is 5.73 Å². The van der Waals surface area contributed by atoms with Crippen LogP contribution in [0.1, 0.15) is 23.1 Å². The third-order valence-electron chi connectivity index (χ3n) is 6.61. The van der Waals surface area contributed by atoms with Gasteiger partial charge < -0.3 is 19.6 Å². The molecule has 3 aromatic carbocycles. The lowest BCUT2D eigenvalue weighted by molar-refractivity contribution is -0.145. The summed E-state index contributed by atoms with van der Waals surface area (Å²) in [5.41, 5.74) is 10.1.